The summed E-state index contributed by atoms with van der Waals surface area (Å²) < 4.78 is 0. The number of fused-ring (bicyclic) bond motifs is 1. The minimum Gasteiger partial charge on any atom is -0.363 e. The second-order valence-electron chi connectivity index (χ2n) is 8.93. The van der Waals surface area contributed by atoms with Crippen molar-refractivity contribution in [2.24, 2.45) is 0 Å². The van der Waals surface area contributed by atoms with Gasteiger partial charge in [-0.15, -0.1) is 0 Å². The smallest absolute Gasteiger partial charge is 0.253 e. The van der Waals surface area contributed by atoms with E-state index in [2.05, 4.69) is 45.1 Å². The van der Waals surface area contributed by atoms with Gasteiger partial charge in [0.2, 0.25) is 0 Å². The lowest BCUT2D eigenvalue weighted by Crippen LogP contribution is -2.47. The zero-order chi connectivity index (χ0) is 23.7. The monoisotopic (exact) mass is 468 g/mol. The van der Waals surface area contributed by atoms with Gasteiger partial charge in [-0.2, -0.15) is 0 Å². The fourth-order valence-corrected chi connectivity index (χ4v) is 4.28. The molecule has 0 radical (unpaired) electrons. The number of likely N-dealkylation sites (N-methyl/N-ethyl adjacent to an activating group) is 1. The highest BCUT2D eigenvalue weighted by Crippen LogP contribution is 2.30. The fraction of sp³-hybridized carbons (Fsp3) is 0.286. The summed E-state index contributed by atoms with van der Waals surface area (Å²) in [6.45, 7) is 3.30. The Bertz CT molecular complexity index is 1330. The fourth-order valence-electron chi connectivity index (χ4n) is 4.28. The van der Waals surface area contributed by atoms with Crippen molar-refractivity contribution in [2.75, 3.05) is 52.2 Å². The Labute approximate surface area is 207 Å². The van der Waals surface area contributed by atoms with E-state index < -0.39 is 0 Å². The Morgan fingerprint density at radius 2 is 1.63 bits per heavy atom. The first-order valence-corrected chi connectivity index (χ1v) is 11.5. The van der Waals surface area contributed by atoms with Crippen molar-refractivity contribution < 1.29 is 4.79 Å². The third-order valence-electron chi connectivity index (χ3n) is 6.35. The van der Waals surface area contributed by atoms with Crippen LogP contribution in [0.1, 0.15) is 17.8 Å². The van der Waals surface area contributed by atoms with Gasteiger partial charge < -0.3 is 14.7 Å². The highest BCUT2D eigenvalue weighted by Gasteiger charge is 2.21. The minimum atomic E-state index is 0. The third kappa shape index (κ3) is 5.00. The van der Waals surface area contributed by atoms with E-state index in [1.54, 1.807) is 6.33 Å². The van der Waals surface area contributed by atoms with Gasteiger partial charge in [-0.1, -0.05) is 25.6 Å². The number of hydrogen-bond donors (Lipinski definition) is 0. The van der Waals surface area contributed by atoms with Crippen LogP contribution in [0.2, 0.25) is 0 Å². The molecule has 1 aliphatic heterocycles. The van der Waals surface area contributed by atoms with Crippen LogP contribution in [0.4, 0.5) is 5.82 Å². The van der Waals surface area contributed by atoms with Gasteiger partial charge in [0.1, 0.15) is 12.1 Å². The van der Waals surface area contributed by atoms with Gasteiger partial charge >= 0.3 is 0 Å². The molecular formula is C28H32N6O. The van der Waals surface area contributed by atoms with Crippen molar-refractivity contribution in [3.8, 4) is 22.4 Å². The van der Waals surface area contributed by atoms with Crippen LogP contribution in [0, 0.1) is 0 Å². The summed E-state index contributed by atoms with van der Waals surface area (Å²) in [5.41, 5.74) is 5.35. The first kappa shape index (κ1) is 24.3. The Kier molecular flexibility index (Phi) is 7.07. The molecule has 1 aliphatic rings. The van der Waals surface area contributed by atoms with Crippen LogP contribution in [-0.2, 0) is 0 Å². The summed E-state index contributed by atoms with van der Waals surface area (Å²) in [7, 11) is 6.04. The molecule has 0 unspecified atom stereocenters. The summed E-state index contributed by atoms with van der Waals surface area (Å²) in [6, 6.07) is 18.0. The summed E-state index contributed by atoms with van der Waals surface area (Å²) in [5, 5.41) is 0.945. The van der Waals surface area contributed by atoms with Crippen LogP contribution in [0.25, 0.3) is 33.3 Å². The largest absolute Gasteiger partial charge is 0.363 e. The highest BCUT2D eigenvalue weighted by atomic mass is 16.2. The molecule has 0 saturated carbocycles. The van der Waals surface area contributed by atoms with E-state index >= 15 is 0 Å². The standard InChI is InChI=1S/C27H28N6O.CH4/c1-31(2)25-10-8-22(17-28-25)19-7-9-24-23(16-19)26(30-18-29-24)20-5-4-6-21(15-20)27(34)33-13-11-32(3)12-14-33;/h4-10,15-18H,11-14H2,1-3H3;1H4. The first-order valence-electron chi connectivity index (χ1n) is 11.5. The first-order chi connectivity index (χ1) is 16.5. The molecule has 7 heteroatoms. The predicted octanol–water partition coefficient (Wildman–Crippen LogP) is 4.45. The number of carbonyl (C=O) groups is 1. The molecule has 180 valence electrons. The van der Waals surface area contributed by atoms with Gasteiger partial charge in [0.15, 0.2) is 0 Å². The molecule has 0 atom stereocenters. The lowest BCUT2D eigenvalue weighted by molar-refractivity contribution is 0.0664. The van der Waals surface area contributed by atoms with E-state index in [0.29, 0.717) is 5.56 Å². The van der Waals surface area contributed by atoms with Crippen LogP contribution in [-0.4, -0.2) is 78.0 Å². The van der Waals surface area contributed by atoms with E-state index in [4.69, 9.17) is 0 Å². The number of pyridine rings is 1. The summed E-state index contributed by atoms with van der Waals surface area (Å²) in [4.78, 5) is 32.9. The number of piperazine rings is 1. The van der Waals surface area contributed by atoms with E-state index in [0.717, 1.165) is 65.3 Å². The maximum absolute atomic E-state index is 13.1. The molecule has 2 aromatic heterocycles. The maximum Gasteiger partial charge on any atom is 0.253 e. The molecule has 35 heavy (non-hydrogen) atoms. The topological polar surface area (TPSA) is 65.5 Å². The molecule has 1 amide bonds. The van der Waals surface area contributed by atoms with E-state index in [9.17, 15) is 4.79 Å². The van der Waals surface area contributed by atoms with Crippen molar-refractivity contribution in [2.45, 2.75) is 7.43 Å². The number of benzene rings is 2. The van der Waals surface area contributed by atoms with E-state index in [1.165, 1.54) is 0 Å². The van der Waals surface area contributed by atoms with Crippen molar-refractivity contribution in [3.05, 3.63) is 72.7 Å². The molecule has 1 saturated heterocycles. The average molecular weight is 469 g/mol. The Morgan fingerprint density at radius 1 is 0.857 bits per heavy atom. The van der Waals surface area contributed by atoms with Crippen LogP contribution in [0.3, 0.4) is 0 Å². The Morgan fingerprint density at radius 3 is 2.34 bits per heavy atom. The Hall–Kier alpha value is -3.84. The van der Waals surface area contributed by atoms with Gasteiger partial charge in [-0.25, -0.2) is 15.0 Å². The van der Waals surface area contributed by atoms with Gasteiger partial charge in [0, 0.05) is 68.5 Å². The summed E-state index contributed by atoms with van der Waals surface area (Å²) in [6.07, 6.45) is 3.47. The molecular weight excluding hydrogens is 436 g/mol. The van der Waals surface area contributed by atoms with Crippen LogP contribution >= 0.6 is 0 Å². The number of anilines is 1. The number of rotatable bonds is 4. The second-order valence-corrected chi connectivity index (χ2v) is 8.93. The quantitative estimate of drug-likeness (QED) is 0.441. The zero-order valence-electron chi connectivity index (χ0n) is 19.8. The van der Waals surface area contributed by atoms with Gasteiger partial charge in [0.25, 0.3) is 5.91 Å². The van der Waals surface area contributed by atoms with Gasteiger partial charge in [-0.3, -0.25) is 4.79 Å². The average Bonchev–Trinajstić information content (AvgIpc) is 2.88. The molecule has 3 heterocycles. The number of amides is 1. The molecule has 2 aromatic carbocycles. The summed E-state index contributed by atoms with van der Waals surface area (Å²) in [5.74, 6) is 0.983. The predicted molar refractivity (Wildman–Crippen MR) is 143 cm³/mol. The molecule has 7 nitrogen and oxygen atoms in total. The molecule has 4 aromatic rings. The summed E-state index contributed by atoms with van der Waals surface area (Å²) >= 11 is 0. The van der Waals surface area contributed by atoms with Crippen molar-refractivity contribution in [1.29, 1.82) is 0 Å². The Balaban J connectivity index is 0.00000289. The SMILES string of the molecule is C.CN1CCN(C(=O)c2cccc(-c3ncnc4ccc(-c5ccc(N(C)C)nc5)cc34)c2)CC1. The number of carbonyl (C=O) groups excluding carboxylic acids is 1. The van der Waals surface area contributed by atoms with Crippen LogP contribution in [0.5, 0.6) is 0 Å². The lowest BCUT2D eigenvalue weighted by Gasteiger charge is -2.32. The van der Waals surface area contributed by atoms with Gasteiger partial charge in [0.05, 0.1) is 11.2 Å². The van der Waals surface area contributed by atoms with Crippen molar-refractivity contribution in [1.82, 2.24) is 24.8 Å². The van der Waals surface area contributed by atoms with Crippen LogP contribution < -0.4 is 4.90 Å². The molecule has 0 N–H and O–H groups in total. The lowest BCUT2D eigenvalue weighted by atomic mass is 10.00. The molecule has 5 rings (SSSR count). The minimum absolute atomic E-state index is 0. The van der Waals surface area contributed by atoms with Crippen LogP contribution in [0.15, 0.2) is 67.1 Å². The normalized spacial score (nSPS) is 14.0. The molecule has 0 bridgehead atoms. The zero-order valence-corrected chi connectivity index (χ0v) is 19.8. The number of hydrogen-bond acceptors (Lipinski definition) is 6. The molecule has 0 spiro atoms. The maximum atomic E-state index is 13.1. The molecule has 0 aliphatic carbocycles. The molecule has 1 fully saturated rings. The van der Waals surface area contributed by atoms with Crippen molar-refractivity contribution in [3.63, 3.8) is 0 Å². The van der Waals surface area contributed by atoms with E-state index in [-0.39, 0.29) is 13.3 Å². The highest BCUT2D eigenvalue weighted by molar-refractivity contribution is 5.98. The van der Waals surface area contributed by atoms with Gasteiger partial charge in [-0.05, 0) is 49.0 Å². The second kappa shape index (κ2) is 10.2. The third-order valence-corrected chi connectivity index (χ3v) is 6.35. The van der Waals surface area contributed by atoms with E-state index in [1.807, 2.05) is 66.5 Å². The number of nitrogens with zero attached hydrogens (tertiary/aromatic N) is 6. The van der Waals surface area contributed by atoms with Crippen molar-refractivity contribution >= 4 is 22.6 Å². The number of aromatic nitrogens is 3.